The molecular weight excluding hydrogens is 244 g/mol. The van der Waals surface area contributed by atoms with Crippen molar-refractivity contribution in [2.24, 2.45) is 0 Å². The molecule has 1 amide bonds. The van der Waals surface area contributed by atoms with Gasteiger partial charge < -0.3 is 15.0 Å². The normalized spacial score (nSPS) is 20.5. The standard InChI is InChI=1S/C14H26N2O3/c1-11(17)16(10-13(18)19-14(2,3)4)12-6-5-8-15-9-7-12/h12,15H,5-10H2,1-4H3/t12-/m0/s1. The Morgan fingerprint density at radius 3 is 2.53 bits per heavy atom. The molecule has 1 heterocycles. The predicted molar refractivity (Wildman–Crippen MR) is 73.7 cm³/mol. The zero-order valence-corrected chi connectivity index (χ0v) is 12.5. The Bertz CT molecular complexity index is 315. The highest BCUT2D eigenvalue weighted by molar-refractivity contribution is 5.81. The van der Waals surface area contributed by atoms with Gasteiger partial charge in [0.2, 0.25) is 5.91 Å². The van der Waals surface area contributed by atoms with Crippen molar-refractivity contribution in [1.29, 1.82) is 0 Å². The molecule has 19 heavy (non-hydrogen) atoms. The van der Waals surface area contributed by atoms with E-state index < -0.39 is 5.60 Å². The Hall–Kier alpha value is -1.10. The van der Waals surface area contributed by atoms with Crippen LogP contribution < -0.4 is 5.32 Å². The maximum atomic E-state index is 11.9. The Balaban J connectivity index is 2.61. The molecule has 0 radical (unpaired) electrons. The van der Waals surface area contributed by atoms with Crippen molar-refractivity contribution in [3.05, 3.63) is 0 Å². The summed E-state index contributed by atoms with van der Waals surface area (Å²) in [5.41, 5.74) is -0.509. The van der Waals surface area contributed by atoms with Crippen molar-refractivity contribution >= 4 is 11.9 Å². The molecule has 0 saturated carbocycles. The van der Waals surface area contributed by atoms with Crippen LogP contribution in [-0.4, -0.2) is 48.1 Å². The second-order valence-corrected chi connectivity index (χ2v) is 6.07. The summed E-state index contributed by atoms with van der Waals surface area (Å²) in [4.78, 5) is 25.3. The average molecular weight is 270 g/mol. The van der Waals surface area contributed by atoms with E-state index in [4.69, 9.17) is 4.74 Å². The second kappa shape index (κ2) is 6.89. The fourth-order valence-corrected chi connectivity index (χ4v) is 2.32. The van der Waals surface area contributed by atoms with Crippen molar-refractivity contribution in [1.82, 2.24) is 10.2 Å². The van der Waals surface area contributed by atoms with Crippen molar-refractivity contribution < 1.29 is 14.3 Å². The fraction of sp³-hybridized carbons (Fsp3) is 0.857. The Morgan fingerprint density at radius 2 is 1.95 bits per heavy atom. The molecule has 0 aromatic rings. The zero-order valence-electron chi connectivity index (χ0n) is 12.5. The van der Waals surface area contributed by atoms with Crippen LogP contribution in [0.1, 0.15) is 47.0 Å². The monoisotopic (exact) mass is 270 g/mol. The van der Waals surface area contributed by atoms with Crippen molar-refractivity contribution in [3.8, 4) is 0 Å². The Labute approximate surface area is 115 Å². The van der Waals surface area contributed by atoms with Crippen LogP contribution in [0.5, 0.6) is 0 Å². The number of carbonyl (C=O) groups is 2. The van der Waals surface area contributed by atoms with Gasteiger partial charge in [0.25, 0.3) is 0 Å². The van der Waals surface area contributed by atoms with E-state index in [1.807, 2.05) is 20.8 Å². The first-order valence-corrected chi connectivity index (χ1v) is 6.99. The number of nitrogens with one attached hydrogen (secondary N) is 1. The third kappa shape index (κ3) is 6.05. The van der Waals surface area contributed by atoms with Gasteiger partial charge >= 0.3 is 5.97 Å². The lowest BCUT2D eigenvalue weighted by Crippen LogP contribution is -2.44. The molecule has 1 aliphatic heterocycles. The topological polar surface area (TPSA) is 58.6 Å². The zero-order chi connectivity index (χ0) is 14.5. The number of amides is 1. The summed E-state index contributed by atoms with van der Waals surface area (Å²) in [6.07, 6.45) is 2.86. The molecule has 110 valence electrons. The van der Waals surface area contributed by atoms with E-state index in [2.05, 4.69) is 5.32 Å². The maximum absolute atomic E-state index is 11.9. The van der Waals surface area contributed by atoms with E-state index >= 15 is 0 Å². The van der Waals surface area contributed by atoms with Crippen LogP contribution in [0.4, 0.5) is 0 Å². The molecule has 5 heteroatoms. The van der Waals surface area contributed by atoms with E-state index in [1.54, 1.807) is 4.90 Å². The summed E-state index contributed by atoms with van der Waals surface area (Å²) in [5.74, 6) is -0.391. The molecule has 1 saturated heterocycles. The minimum atomic E-state index is -0.509. The minimum Gasteiger partial charge on any atom is -0.459 e. The molecule has 0 unspecified atom stereocenters. The Morgan fingerprint density at radius 1 is 1.26 bits per heavy atom. The van der Waals surface area contributed by atoms with Crippen LogP contribution in [-0.2, 0) is 14.3 Å². The van der Waals surface area contributed by atoms with E-state index in [9.17, 15) is 9.59 Å². The minimum absolute atomic E-state index is 0.0528. The molecule has 1 fully saturated rings. The Kier molecular flexibility index (Phi) is 5.79. The lowest BCUT2D eigenvalue weighted by molar-refractivity contribution is -0.159. The first kappa shape index (κ1) is 16.0. The molecule has 5 nitrogen and oxygen atoms in total. The smallest absolute Gasteiger partial charge is 0.326 e. The largest absolute Gasteiger partial charge is 0.459 e. The highest BCUT2D eigenvalue weighted by Crippen LogP contribution is 2.15. The summed E-state index contributed by atoms with van der Waals surface area (Å²) in [6, 6.07) is 0.139. The molecule has 0 spiro atoms. The van der Waals surface area contributed by atoms with Gasteiger partial charge in [-0.05, 0) is 53.1 Å². The molecule has 0 aromatic carbocycles. The van der Waals surface area contributed by atoms with Gasteiger partial charge in [-0.15, -0.1) is 0 Å². The first-order valence-electron chi connectivity index (χ1n) is 6.99. The average Bonchev–Trinajstić information content (AvgIpc) is 2.51. The van der Waals surface area contributed by atoms with Gasteiger partial charge in [-0.2, -0.15) is 0 Å². The van der Waals surface area contributed by atoms with E-state index in [-0.39, 0.29) is 24.5 Å². The molecule has 1 atom stereocenters. The summed E-state index contributed by atoms with van der Waals surface area (Å²) in [6.45, 7) is 8.94. The SMILES string of the molecule is CC(=O)N(CC(=O)OC(C)(C)C)[C@H]1CCCNCC1. The number of hydrogen-bond donors (Lipinski definition) is 1. The summed E-state index contributed by atoms with van der Waals surface area (Å²) < 4.78 is 5.29. The highest BCUT2D eigenvalue weighted by Gasteiger charge is 2.26. The number of rotatable bonds is 3. The van der Waals surface area contributed by atoms with Crippen molar-refractivity contribution in [2.45, 2.75) is 58.6 Å². The molecular formula is C14H26N2O3. The fourth-order valence-electron chi connectivity index (χ4n) is 2.32. The predicted octanol–water partition coefficient (Wildman–Crippen LogP) is 1.32. The van der Waals surface area contributed by atoms with Crippen LogP contribution in [0.3, 0.4) is 0 Å². The summed E-state index contributed by atoms with van der Waals surface area (Å²) >= 11 is 0. The van der Waals surface area contributed by atoms with Gasteiger partial charge in [0.05, 0.1) is 0 Å². The first-order chi connectivity index (χ1) is 8.79. The highest BCUT2D eigenvalue weighted by atomic mass is 16.6. The van der Waals surface area contributed by atoms with Gasteiger partial charge in [0, 0.05) is 13.0 Å². The van der Waals surface area contributed by atoms with Gasteiger partial charge in [0.15, 0.2) is 0 Å². The molecule has 1 rings (SSSR count). The van der Waals surface area contributed by atoms with Crippen LogP contribution in [0.25, 0.3) is 0 Å². The second-order valence-electron chi connectivity index (χ2n) is 6.07. The number of ether oxygens (including phenoxy) is 1. The van der Waals surface area contributed by atoms with Crippen molar-refractivity contribution in [2.75, 3.05) is 19.6 Å². The number of hydrogen-bond acceptors (Lipinski definition) is 4. The number of carbonyl (C=O) groups excluding carboxylic acids is 2. The molecule has 1 aliphatic rings. The van der Waals surface area contributed by atoms with Crippen LogP contribution in [0, 0.1) is 0 Å². The quantitative estimate of drug-likeness (QED) is 0.786. The maximum Gasteiger partial charge on any atom is 0.326 e. The van der Waals surface area contributed by atoms with Crippen molar-refractivity contribution in [3.63, 3.8) is 0 Å². The third-order valence-corrected chi connectivity index (χ3v) is 3.11. The molecule has 0 aliphatic carbocycles. The van der Waals surface area contributed by atoms with E-state index in [0.717, 1.165) is 32.4 Å². The molecule has 1 N–H and O–H groups in total. The molecule has 0 bridgehead atoms. The third-order valence-electron chi connectivity index (χ3n) is 3.11. The van der Waals surface area contributed by atoms with E-state index in [1.165, 1.54) is 6.92 Å². The summed E-state index contributed by atoms with van der Waals surface area (Å²) in [5, 5.41) is 3.31. The van der Waals surface area contributed by atoms with Crippen LogP contribution in [0.15, 0.2) is 0 Å². The van der Waals surface area contributed by atoms with E-state index in [0.29, 0.717) is 0 Å². The molecule has 0 aromatic heterocycles. The lowest BCUT2D eigenvalue weighted by atomic mass is 10.1. The van der Waals surface area contributed by atoms with Gasteiger partial charge in [-0.1, -0.05) is 0 Å². The van der Waals surface area contributed by atoms with Crippen LogP contribution >= 0.6 is 0 Å². The lowest BCUT2D eigenvalue weighted by Gasteiger charge is -2.30. The van der Waals surface area contributed by atoms with Gasteiger partial charge in [-0.3, -0.25) is 9.59 Å². The number of esters is 1. The van der Waals surface area contributed by atoms with Gasteiger partial charge in [0.1, 0.15) is 12.1 Å². The summed E-state index contributed by atoms with van der Waals surface area (Å²) in [7, 11) is 0. The van der Waals surface area contributed by atoms with Gasteiger partial charge in [-0.25, -0.2) is 0 Å². The number of nitrogens with zero attached hydrogens (tertiary/aromatic N) is 1. The van der Waals surface area contributed by atoms with Crippen LogP contribution in [0.2, 0.25) is 0 Å².